The van der Waals surface area contributed by atoms with Crippen molar-refractivity contribution in [3.63, 3.8) is 0 Å². The van der Waals surface area contributed by atoms with E-state index in [1.54, 1.807) is 0 Å². The number of nitrogens with one attached hydrogen (secondary N) is 2. The first kappa shape index (κ1) is 38.3. The summed E-state index contributed by atoms with van der Waals surface area (Å²) in [6, 6.07) is 1.33. The van der Waals surface area contributed by atoms with Gasteiger partial charge in [0.15, 0.2) is 23.3 Å². The van der Waals surface area contributed by atoms with E-state index in [9.17, 15) is 44.7 Å². The number of unbranched alkanes of at least 4 members (excludes halogenated alkanes) is 2. The number of hydrogen-bond donors (Lipinski definition) is 5. The third kappa shape index (κ3) is 10.2. The molecule has 9 nitrogen and oxygen atoms in total. The van der Waals surface area contributed by atoms with E-state index in [-0.39, 0.29) is 23.2 Å². The first-order chi connectivity index (χ1) is 23.3. The van der Waals surface area contributed by atoms with E-state index in [0.29, 0.717) is 45.2 Å². The monoisotopic (exact) mass is 695 g/mol. The minimum absolute atomic E-state index is 0.0587. The highest BCUT2D eigenvalue weighted by Crippen LogP contribution is 2.20. The first-order valence-corrected chi connectivity index (χ1v) is 14.6. The second-order valence-electron chi connectivity index (χ2n) is 10.4. The Morgan fingerprint density at radius 1 is 0.653 bits per heavy atom. The van der Waals surface area contributed by atoms with Gasteiger partial charge in [-0.25, -0.2) is 17.6 Å². The lowest BCUT2D eigenvalue weighted by Gasteiger charge is -2.21. The summed E-state index contributed by atoms with van der Waals surface area (Å²) >= 11 is 0. The van der Waals surface area contributed by atoms with E-state index >= 15 is 0 Å². The Kier molecular flexibility index (Phi) is 14.0. The van der Waals surface area contributed by atoms with Crippen LogP contribution in [0.25, 0.3) is 0 Å². The van der Waals surface area contributed by atoms with Gasteiger partial charge in [0.25, 0.3) is 23.8 Å². The van der Waals surface area contributed by atoms with Gasteiger partial charge in [-0.15, -0.1) is 0 Å². The van der Waals surface area contributed by atoms with E-state index in [4.69, 9.17) is 17.2 Å². The molecule has 2 aromatic heterocycles. The molecule has 0 aliphatic carbocycles. The van der Waals surface area contributed by atoms with Crippen molar-refractivity contribution in [1.29, 1.82) is 0 Å². The fourth-order valence-electron chi connectivity index (χ4n) is 4.20. The number of rotatable bonds is 12. The predicted octanol–water partition coefficient (Wildman–Crippen LogP) is 3.40. The van der Waals surface area contributed by atoms with Crippen molar-refractivity contribution in [2.75, 3.05) is 18.4 Å². The summed E-state index contributed by atoms with van der Waals surface area (Å²) in [6.07, 6.45) is 2.62. The molecule has 8 N–H and O–H groups in total. The standard InChI is InChI=1S/C32H29F8N7O2/c33-23-19(24(34)28(38)46-27(23)37)11-8-16-7-10-18(15-17(16)9-12-20-25(35)29(39)47-30(40)26(20)36)44-32(49)22(6-2-4-14-42)45-31(48)21(43)5-1-3-13-41/h7,10,15,21-22H,1-6,13-14,41-43H2,(H,44,49)(H,45,48). The van der Waals surface area contributed by atoms with Gasteiger partial charge in [0.1, 0.15) is 17.2 Å². The third-order valence-electron chi connectivity index (χ3n) is 6.81. The van der Waals surface area contributed by atoms with Crippen LogP contribution in [0.4, 0.5) is 40.8 Å². The topological polar surface area (TPSA) is 162 Å². The maximum atomic E-state index is 14.2. The van der Waals surface area contributed by atoms with Crippen LogP contribution >= 0.6 is 0 Å². The van der Waals surface area contributed by atoms with Crippen molar-refractivity contribution in [3.8, 4) is 23.7 Å². The minimum atomic E-state index is -2.00. The average molecular weight is 696 g/mol. The first-order valence-electron chi connectivity index (χ1n) is 14.6. The molecule has 2 amide bonds. The highest BCUT2D eigenvalue weighted by Gasteiger charge is 2.24. The lowest BCUT2D eigenvalue weighted by molar-refractivity contribution is -0.127. The van der Waals surface area contributed by atoms with Gasteiger partial charge in [-0.05, 0) is 63.4 Å². The minimum Gasteiger partial charge on any atom is -0.343 e. The molecular formula is C32H29F8N7O2. The fraction of sp³-hybridized carbons (Fsp3) is 0.312. The number of pyridine rings is 2. The maximum absolute atomic E-state index is 14.2. The summed E-state index contributed by atoms with van der Waals surface area (Å²) in [5, 5.41) is 5.10. The molecule has 2 atom stereocenters. The molecular weight excluding hydrogens is 666 g/mol. The molecule has 0 radical (unpaired) electrons. The Morgan fingerprint density at radius 3 is 1.61 bits per heavy atom. The van der Waals surface area contributed by atoms with Gasteiger partial charge in [0.05, 0.1) is 6.04 Å². The number of benzene rings is 1. The molecule has 3 aromatic rings. The van der Waals surface area contributed by atoms with Crippen LogP contribution in [0.3, 0.4) is 0 Å². The number of carbonyl (C=O) groups excluding carboxylic acids is 2. The van der Waals surface area contributed by atoms with Crippen molar-refractivity contribution in [2.45, 2.75) is 50.6 Å². The Labute approximate surface area is 275 Å². The third-order valence-corrected chi connectivity index (χ3v) is 6.81. The van der Waals surface area contributed by atoms with Crippen molar-refractivity contribution in [1.82, 2.24) is 15.3 Å². The SMILES string of the molecule is NCCCCC(N)C(=O)NC(CCCCN)C(=O)Nc1ccc(C#Cc2c(F)c(F)nc(F)c2F)c(C#Cc2c(F)c(F)nc(F)c2F)c1. The zero-order chi connectivity index (χ0) is 36.2. The molecule has 0 saturated heterocycles. The van der Waals surface area contributed by atoms with Crippen LogP contribution < -0.4 is 27.8 Å². The largest absolute Gasteiger partial charge is 0.343 e. The zero-order valence-electron chi connectivity index (χ0n) is 25.5. The Balaban J connectivity index is 2.04. The fourth-order valence-corrected chi connectivity index (χ4v) is 4.20. The van der Waals surface area contributed by atoms with Crippen molar-refractivity contribution < 1.29 is 44.7 Å². The highest BCUT2D eigenvalue weighted by atomic mass is 19.2. The summed E-state index contributed by atoms with van der Waals surface area (Å²) in [7, 11) is 0. The highest BCUT2D eigenvalue weighted by molar-refractivity contribution is 5.98. The van der Waals surface area contributed by atoms with Gasteiger partial charge in [0, 0.05) is 16.8 Å². The van der Waals surface area contributed by atoms with Crippen molar-refractivity contribution >= 4 is 17.5 Å². The molecule has 3 rings (SSSR count). The maximum Gasteiger partial charge on any atom is 0.253 e. The molecule has 49 heavy (non-hydrogen) atoms. The van der Waals surface area contributed by atoms with Crippen LogP contribution in [0.5, 0.6) is 0 Å². The molecule has 0 fully saturated rings. The quantitative estimate of drug-likeness (QED) is 0.0840. The number of aromatic nitrogens is 2. The van der Waals surface area contributed by atoms with Gasteiger partial charge in [-0.3, -0.25) is 9.59 Å². The van der Waals surface area contributed by atoms with E-state index in [0.717, 1.165) is 12.1 Å². The van der Waals surface area contributed by atoms with Crippen LogP contribution in [-0.2, 0) is 9.59 Å². The molecule has 2 heterocycles. The number of hydrogen-bond acceptors (Lipinski definition) is 7. The summed E-state index contributed by atoms with van der Waals surface area (Å²) in [5.74, 6) is -8.85. The lowest BCUT2D eigenvalue weighted by Crippen LogP contribution is -2.50. The van der Waals surface area contributed by atoms with Gasteiger partial charge < -0.3 is 27.8 Å². The summed E-state index contributed by atoms with van der Waals surface area (Å²) in [5.41, 5.74) is 13.5. The summed E-state index contributed by atoms with van der Waals surface area (Å²) < 4.78 is 111. The van der Waals surface area contributed by atoms with Crippen LogP contribution in [0.1, 0.15) is 60.8 Å². The number of halogens is 8. The molecule has 0 aliphatic rings. The predicted molar refractivity (Wildman–Crippen MR) is 161 cm³/mol. The van der Waals surface area contributed by atoms with E-state index in [2.05, 4.69) is 32.4 Å². The van der Waals surface area contributed by atoms with E-state index in [1.165, 1.54) is 6.07 Å². The van der Waals surface area contributed by atoms with E-state index < -0.39 is 82.1 Å². The molecule has 17 heteroatoms. The Bertz CT molecular complexity index is 1780. The summed E-state index contributed by atoms with van der Waals surface area (Å²) in [4.78, 5) is 30.9. The van der Waals surface area contributed by atoms with Crippen LogP contribution in [-0.4, -0.2) is 47.0 Å². The molecule has 0 spiro atoms. The summed E-state index contributed by atoms with van der Waals surface area (Å²) in [6.45, 7) is 0.717. The normalized spacial score (nSPS) is 11.9. The van der Waals surface area contributed by atoms with Gasteiger partial charge in [0.2, 0.25) is 11.8 Å². The van der Waals surface area contributed by atoms with Gasteiger partial charge in [-0.1, -0.05) is 30.1 Å². The molecule has 1 aromatic carbocycles. The van der Waals surface area contributed by atoms with Crippen LogP contribution in [0.2, 0.25) is 0 Å². The zero-order valence-corrected chi connectivity index (χ0v) is 25.5. The van der Waals surface area contributed by atoms with Crippen LogP contribution in [0, 0.1) is 70.7 Å². The van der Waals surface area contributed by atoms with Gasteiger partial charge in [-0.2, -0.15) is 27.5 Å². The molecule has 260 valence electrons. The van der Waals surface area contributed by atoms with E-state index in [1.807, 2.05) is 11.8 Å². The lowest BCUT2D eigenvalue weighted by atomic mass is 10.0. The van der Waals surface area contributed by atoms with Crippen molar-refractivity contribution in [3.05, 3.63) is 87.5 Å². The van der Waals surface area contributed by atoms with Gasteiger partial charge >= 0.3 is 0 Å². The second kappa shape index (κ2) is 17.9. The number of nitrogens with zero attached hydrogens (tertiary/aromatic N) is 2. The number of amides is 2. The van der Waals surface area contributed by atoms with Crippen LogP contribution in [0.15, 0.2) is 18.2 Å². The average Bonchev–Trinajstić information content (AvgIpc) is 3.06. The smallest absolute Gasteiger partial charge is 0.253 e. The second-order valence-corrected chi connectivity index (χ2v) is 10.4. The molecule has 0 saturated carbocycles. The molecule has 2 unspecified atom stereocenters. The van der Waals surface area contributed by atoms with Crippen molar-refractivity contribution in [2.24, 2.45) is 17.2 Å². The number of nitrogens with two attached hydrogens (primary N) is 3. The number of carbonyl (C=O) groups is 2. The molecule has 0 bridgehead atoms. The molecule has 0 aliphatic heterocycles. The Hall–Kier alpha value is -5.10. The Morgan fingerprint density at radius 2 is 1.12 bits per heavy atom. The number of anilines is 1.